The predicted molar refractivity (Wildman–Crippen MR) is 52.5 cm³/mol. The number of carbonyl (C=O) groups is 1. The zero-order valence-corrected chi connectivity index (χ0v) is 8.52. The third-order valence-electron chi connectivity index (χ3n) is 1.43. The summed E-state index contributed by atoms with van der Waals surface area (Å²) in [6.45, 7) is -0.0255. The molecule has 0 aliphatic heterocycles. The highest BCUT2D eigenvalue weighted by molar-refractivity contribution is 9.10. The zero-order chi connectivity index (χ0) is 9.14. The maximum Gasteiger partial charge on any atom is 0.179 e. The Hall–Kier alpha value is -0.380. The molecule has 4 heteroatoms. The molecule has 0 heterocycles. The summed E-state index contributed by atoms with van der Waals surface area (Å²) in [5.74, 6) is -0.160. The van der Waals surface area contributed by atoms with Crippen molar-refractivity contribution in [1.29, 1.82) is 0 Å². The van der Waals surface area contributed by atoms with Crippen molar-refractivity contribution in [3.8, 4) is 0 Å². The average molecular weight is 249 g/mol. The molecule has 0 aliphatic rings. The van der Waals surface area contributed by atoms with E-state index in [1.807, 2.05) is 0 Å². The molecule has 12 heavy (non-hydrogen) atoms. The normalized spacial score (nSPS) is 9.92. The van der Waals surface area contributed by atoms with Crippen LogP contribution in [0.5, 0.6) is 0 Å². The summed E-state index contributed by atoms with van der Waals surface area (Å²) in [6, 6.07) is 5.18. The van der Waals surface area contributed by atoms with E-state index in [-0.39, 0.29) is 12.3 Å². The van der Waals surface area contributed by atoms with Crippen molar-refractivity contribution in [2.45, 2.75) is 0 Å². The molecule has 0 fully saturated rings. The van der Waals surface area contributed by atoms with Crippen molar-refractivity contribution in [3.63, 3.8) is 0 Å². The molecule has 2 N–H and O–H groups in total. The molecule has 0 spiro atoms. The molecule has 0 bridgehead atoms. The Labute approximate surface area is 83.8 Å². The van der Waals surface area contributed by atoms with Crippen LogP contribution in [0.25, 0.3) is 0 Å². The maximum atomic E-state index is 11.2. The van der Waals surface area contributed by atoms with Crippen LogP contribution in [-0.4, -0.2) is 12.3 Å². The average Bonchev–Trinajstić information content (AvgIpc) is 2.03. The van der Waals surface area contributed by atoms with Crippen LogP contribution in [0.4, 0.5) is 0 Å². The van der Waals surface area contributed by atoms with Crippen molar-refractivity contribution in [3.05, 3.63) is 33.3 Å². The number of hydrogen-bond donors (Lipinski definition) is 1. The van der Waals surface area contributed by atoms with Gasteiger partial charge in [-0.3, -0.25) is 4.79 Å². The third kappa shape index (κ3) is 1.86. The number of halogens is 2. The van der Waals surface area contributed by atoms with Gasteiger partial charge in [0.05, 0.1) is 17.1 Å². The predicted octanol–water partition coefficient (Wildman–Crippen LogP) is 2.24. The van der Waals surface area contributed by atoms with E-state index in [4.69, 9.17) is 17.3 Å². The Morgan fingerprint density at radius 1 is 1.58 bits per heavy atom. The van der Waals surface area contributed by atoms with E-state index in [0.717, 1.165) is 0 Å². The highest BCUT2D eigenvalue weighted by Gasteiger charge is 2.11. The Kier molecular flexibility index (Phi) is 3.26. The van der Waals surface area contributed by atoms with Crippen molar-refractivity contribution >= 4 is 33.3 Å². The van der Waals surface area contributed by atoms with Gasteiger partial charge in [0.1, 0.15) is 0 Å². The van der Waals surface area contributed by atoms with Crippen LogP contribution in [-0.2, 0) is 0 Å². The summed E-state index contributed by atoms with van der Waals surface area (Å²) < 4.78 is 0.686. The van der Waals surface area contributed by atoms with E-state index in [9.17, 15) is 4.79 Å². The minimum atomic E-state index is -0.160. The number of hydrogen-bond acceptors (Lipinski definition) is 2. The fraction of sp³-hybridized carbons (Fsp3) is 0.125. The van der Waals surface area contributed by atoms with Gasteiger partial charge in [-0.2, -0.15) is 0 Å². The van der Waals surface area contributed by atoms with E-state index in [0.29, 0.717) is 15.1 Å². The molecule has 0 saturated heterocycles. The van der Waals surface area contributed by atoms with Gasteiger partial charge in [-0.1, -0.05) is 17.7 Å². The first-order valence-corrected chi connectivity index (χ1v) is 4.51. The second-order valence-corrected chi connectivity index (χ2v) is 3.49. The van der Waals surface area contributed by atoms with Crippen LogP contribution in [0.15, 0.2) is 22.7 Å². The molecule has 0 radical (unpaired) electrons. The van der Waals surface area contributed by atoms with E-state index in [1.165, 1.54) is 0 Å². The van der Waals surface area contributed by atoms with Crippen molar-refractivity contribution in [2.75, 3.05) is 6.54 Å². The van der Waals surface area contributed by atoms with E-state index in [1.54, 1.807) is 18.2 Å². The van der Waals surface area contributed by atoms with Gasteiger partial charge in [-0.05, 0) is 28.1 Å². The fourth-order valence-electron chi connectivity index (χ4n) is 0.866. The van der Waals surface area contributed by atoms with Crippen LogP contribution in [0, 0.1) is 0 Å². The molecule has 1 aromatic carbocycles. The molecule has 0 unspecified atom stereocenters. The standard InChI is InChI=1S/C8H7BrClNO/c9-5-2-1-3-6(10)8(5)7(12)4-11/h1-3H,4,11H2. The SMILES string of the molecule is NCC(=O)c1c(Cl)cccc1Br. The first-order valence-electron chi connectivity index (χ1n) is 3.34. The smallest absolute Gasteiger partial charge is 0.179 e. The summed E-state index contributed by atoms with van der Waals surface area (Å²) in [5, 5.41) is 0.430. The Balaban J connectivity index is 3.21. The number of carbonyl (C=O) groups excluding carboxylic acids is 1. The lowest BCUT2D eigenvalue weighted by molar-refractivity contribution is 0.100. The van der Waals surface area contributed by atoms with E-state index in [2.05, 4.69) is 15.9 Å². The maximum absolute atomic E-state index is 11.2. The Morgan fingerprint density at radius 2 is 2.25 bits per heavy atom. The molecule has 64 valence electrons. The summed E-state index contributed by atoms with van der Waals surface area (Å²) in [5.41, 5.74) is 5.67. The van der Waals surface area contributed by atoms with Gasteiger partial charge >= 0.3 is 0 Å². The molecular formula is C8H7BrClNO. The van der Waals surface area contributed by atoms with Gasteiger partial charge in [0.25, 0.3) is 0 Å². The van der Waals surface area contributed by atoms with Gasteiger partial charge < -0.3 is 5.73 Å². The number of ketones is 1. The molecule has 2 nitrogen and oxygen atoms in total. The molecule has 0 amide bonds. The fourth-order valence-corrected chi connectivity index (χ4v) is 1.85. The quantitative estimate of drug-likeness (QED) is 0.816. The second kappa shape index (κ2) is 4.03. The largest absolute Gasteiger partial charge is 0.324 e. The summed E-state index contributed by atoms with van der Waals surface area (Å²) in [4.78, 5) is 11.2. The summed E-state index contributed by atoms with van der Waals surface area (Å²) in [6.07, 6.45) is 0. The first kappa shape index (κ1) is 9.71. The van der Waals surface area contributed by atoms with Crippen molar-refractivity contribution < 1.29 is 4.79 Å². The number of nitrogens with two attached hydrogens (primary N) is 1. The Bertz CT molecular complexity index is 294. The molecule has 1 rings (SSSR count). The Morgan fingerprint density at radius 3 is 2.75 bits per heavy atom. The van der Waals surface area contributed by atoms with Crippen LogP contribution in [0.2, 0.25) is 5.02 Å². The summed E-state index contributed by atoms with van der Waals surface area (Å²) in [7, 11) is 0. The van der Waals surface area contributed by atoms with Crippen molar-refractivity contribution in [2.24, 2.45) is 5.73 Å². The lowest BCUT2D eigenvalue weighted by atomic mass is 10.1. The van der Waals surface area contributed by atoms with Gasteiger partial charge in [0, 0.05) is 4.47 Å². The molecule has 0 atom stereocenters. The molecule has 0 aliphatic carbocycles. The minimum Gasteiger partial charge on any atom is -0.324 e. The lowest BCUT2D eigenvalue weighted by Crippen LogP contribution is -2.14. The number of rotatable bonds is 2. The van der Waals surface area contributed by atoms with Gasteiger partial charge in [-0.25, -0.2) is 0 Å². The highest BCUT2D eigenvalue weighted by atomic mass is 79.9. The third-order valence-corrected chi connectivity index (χ3v) is 2.40. The van der Waals surface area contributed by atoms with Gasteiger partial charge in [-0.15, -0.1) is 0 Å². The van der Waals surface area contributed by atoms with Crippen LogP contribution >= 0.6 is 27.5 Å². The van der Waals surface area contributed by atoms with Crippen LogP contribution in [0.1, 0.15) is 10.4 Å². The van der Waals surface area contributed by atoms with E-state index >= 15 is 0 Å². The number of Topliss-reactive ketones (excluding diaryl/α,β-unsaturated/α-hetero) is 1. The highest BCUT2D eigenvalue weighted by Crippen LogP contribution is 2.24. The van der Waals surface area contributed by atoms with E-state index < -0.39 is 0 Å². The van der Waals surface area contributed by atoms with Crippen LogP contribution < -0.4 is 5.73 Å². The molecular weight excluding hydrogens is 241 g/mol. The van der Waals surface area contributed by atoms with Crippen molar-refractivity contribution in [1.82, 2.24) is 0 Å². The van der Waals surface area contributed by atoms with Gasteiger partial charge in [0.15, 0.2) is 5.78 Å². The molecule has 1 aromatic rings. The summed E-state index contributed by atoms with van der Waals surface area (Å²) >= 11 is 9.02. The van der Waals surface area contributed by atoms with Gasteiger partial charge in [0.2, 0.25) is 0 Å². The minimum absolute atomic E-state index is 0.0255. The topological polar surface area (TPSA) is 43.1 Å². The molecule has 0 saturated carbocycles. The lowest BCUT2D eigenvalue weighted by Gasteiger charge is -2.02. The first-order chi connectivity index (χ1) is 5.66. The zero-order valence-electron chi connectivity index (χ0n) is 6.18. The number of benzene rings is 1. The second-order valence-electron chi connectivity index (χ2n) is 2.22. The van der Waals surface area contributed by atoms with Crippen LogP contribution in [0.3, 0.4) is 0 Å². The monoisotopic (exact) mass is 247 g/mol. The molecule has 0 aromatic heterocycles.